The second-order valence-electron chi connectivity index (χ2n) is 4.77. The largest absolute Gasteiger partial charge is 0.338 e. The van der Waals surface area contributed by atoms with Crippen LogP contribution in [-0.2, 0) is 6.42 Å². The Balaban J connectivity index is 2.20. The zero-order valence-corrected chi connectivity index (χ0v) is 10.9. The molecule has 1 aliphatic heterocycles. The molecular weight excluding hydrogens is 234 g/mol. The van der Waals surface area contributed by atoms with Gasteiger partial charge in [0.1, 0.15) is 0 Å². The van der Waals surface area contributed by atoms with Crippen LogP contribution in [0.25, 0.3) is 0 Å². The molecule has 0 aliphatic carbocycles. The van der Waals surface area contributed by atoms with Crippen LogP contribution in [0.5, 0.6) is 0 Å². The molecule has 1 aromatic rings. The summed E-state index contributed by atoms with van der Waals surface area (Å²) < 4.78 is 0. The topological polar surface area (TPSA) is 20.3 Å². The first kappa shape index (κ1) is 12.4. The van der Waals surface area contributed by atoms with Crippen molar-refractivity contribution in [3.05, 3.63) is 35.4 Å². The van der Waals surface area contributed by atoms with E-state index in [9.17, 15) is 4.79 Å². The number of alkyl halides is 1. The third-order valence-electron chi connectivity index (χ3n) is 3.20. The summed E-state index contributed by atoms with van der Waals surface area (Å²) in [7, 11) is 0. The highest BCUT2D eigenvalue weighted by Gasteiger charge is 2.22. The van der Waals surface area contributed by atoms with E-state index >= 15 is 0 Å². The maximum absolute atomic E-state index is 12.4. The summed E-state index contributed by atoms with van der Waals surface area (Å²) in [5, 5.41) is 0. The molecule has 0 spiro atoms. The van der Waals surface area contributed by atoms with Gasteiger partial charge < -0.3 is 4.90 Å². The molecule has 2 nitrogen and oxygen atoms in total. The first-order chi connectivity index (χ1) is 8.22. The summed E-state index contributed by atoms with van der Waals surface area (Å²) in [5.74, 6) is 1.12. The average Bonchev–Trinajstić information content (AvgIpc) is 2.51. The summed E-state index contributed by atoms with van der Waals surface area (Å²) in [6.45, 7) is 3.68. The van der Waals surface area contributed by atoms with Crippen LogP contribution >= 0.6 is 11.6 Å². The fourth-order valence-corrected chi connectivity index (χ4v) is 2.38. The third-order valence-corrected chi connectivity index (χ3v) is 3.73. The van der Waals surface area contributed by atoms with Gasteiger partial charge in [0.05, 0.1) is 0 Å². The Kier molecular flexibility index (Phi) is 4.06. The molecule has 1 heterocycles. The highest BCUT2D eigenvalue weighted by atomic mass is 35.5. The minimum absolute atomic E-state index is 0.162. The van der Waals surface area contributed by atoms with Crippen molar-refractivity contribution in [2.24, 2.45) is 5.92 Å². The van der Waals surface area contributed by atoms with E-state index in [1.807, 2.05) is 23.1 Å². The highest BCUT2D eigenvalue weighted by molar-refractivity contribution is 6.18. The lowest BCUT2D eigenvalue weighted by molar-refractivity contribution is 0.0742. The lowest BCUT2D eigenvalue weighted by Crippen LogP contribution is -2.35. The van der Waals surface area contributed by atoms with E-state index in [-0.39, 0.29) is 5.91 Å². The Morgan fingerprint density at radius 2 is 2.18 bits per heavy atom. The number of hydrogen-bond donors (Lipinski definition) is 0. The monoisotopic (exact) mass is 251 g/mol. The second-order valence-corrected chi connectivity index (χ2v) is 5.08. The quantitative estimate of drug-likeness (QED) is 0.757. The molecule has 0 fully saturated rings. The van der Waals surface area contributed by atoms with Gasteiger partial charge >= 0.3 is 0 Å². The summed E-state index contributed by atoms with van der Waals surface area (Å²) >= 11 is 5.82. The first-order valence-corrected chi connectivity index (χ1v) is 6.69. The molecule has 2 rings (SSSR count). The van der Waals surface area contributed by atoms with Crippen LogP contribution in [0.1, 0.15) is 29.3 Å². The Bertz CT molecular complexity index is 405. The third kappa shape index (κ3) is 2.81. The van der Waals surface area contributed by atoms with Gasteiger partial charge in [0.2, 0.25) is 0 Å². The minimum Gasteiger partial charge on any atom is -0.338 e. The number of aryl methyl sites for hydroxylation is 1. The van der Waals surface area contributed by atoms with Crippen molar-refractivity contribution >= 4 is 17.5 Å². The summed E-state index contributed by atoms with van der Waals surface area (Å²) in [4.78, 5) is 14.3. The van der Waals surface area contributed by atoms with Crippen molar-refractivity contribution in [3.8, 4) is 0 Å². The van der Waals surface area contributed by atoms with Crippen molar-refractivity contribution in [1.29, 1.82) is 0 Å². The van der Waals surface area contributed by atoms with Crippen molar-refractivity contribution in [3.63, 3.8) is 0 Å². The maximum Gasteiger partial charge on any atom is 0.254 e. The smallest absolute Gasteiger partial charge is 0.254 e. The molecule has 17 heavy (non-hydrogen) atoms. The minimum atomic E-state index is 0.162. The lowest BCUT2D eigenvalue weighted by atomic mass is 10.0. The predicted octanol–water partition coefficient (Wildman–Crippen LogP) is 2.95. The van der Waals surface area contributed by atoms with Crippen molar-refractivity contribution < 1.29 is 4.79 Å². The first-order valence-electron chi connectivity index (χ1n) is 6.15. The van der Waals surface area contributed by atoms with E-state index in [1.54, 1.807) is 0 Å². The van der Waals surface area contributed by atoms with Crippen LogP contribution in [0.15, 0.2) is 24.3 Å². The molecule has 0 N–H and O–H groups in total. The second kappa shape index (κ2) is 5.54. The van der Waals surface area contributed by atoms with Gasteiger partial charge in [0, 0.05) is 24.5 Å². The van der Waals surface area contributed by atoms with Crippen LogP contribution in [0.2, 0.25) is 0 Å². The summed E-state index contributed by atoms with van der Waals surface area (Å²) in [5.41, 5.74) is 2.05. The highest BCUT2D eigenvalue weighted by Crippen LogP contribution is 2.19. The van der Waals surface area contributed by atoms with Crippen LogP contribution in [0.3, 0.4) is 0 Å². The van der Waals surface area contributed by atoms with E-state index in [4.69, 9.17) is 11.6 Å². The molecule has 1 aromatic carbocycles. The van der Waals surface area contributed by atoms with Gasteiger partial charge in [-0.1, -0.05) is 25.1 Å². The summed E-state index contributed by atoms with van der Waals surface area (Å²) in [6, 6.07) is 7.93. The van der Waals surface area contributed by atoms with Crippen LogP contribution in [0.4, 0.5) is 0 Å². The fourth-order valence-electron chi connectivity index (χ4n) is 2.28. The standard InChI is InChI=1S/C14H18ClNO/c1-11(9-15)10-16-8-4-6-12-5-2-3-7-13(12)14(16)17/h2-3,5,7,11H,4,6,8-10H2,1H3. The Labute approximate surface area is 108 Å². The van der Waals surface area contributed by atoms with Gasteiger partial charge in [0.25, 0.3) is 5.91 Å². The van der Waals surface area contributed by atoms with E-state index in [1.165, 1.54) is 5.56 Å². The molecule has 1 atom stereocenters. The van der Waals surface area contributed by atoms with E-state index < -0.39 is 0 Å². The number of hydrogen-bond acceptors (Lipinski definition) is 1. The molecule has 0 aromatic heterocycles. The number of rotatable bonds is 3. The van der Waals surface area contributed by atoms with Gasteiger partial charge in [-0.3, -0.25) is 4.79 Å². The van der Waals surface area contributed by atoms with Crippen LogP contribution in [0, 0.1) is 5.92 Å². The molecule has 1 aliphatic rings. The van der Waals surface area contributed by atoms with Crippen LogP contribution < -0.4 is 0 Å². The number of carbonyl (C=O) groups excluding carboxylic acids is 1. The molecular formula is C14H18ClNO. The Morgan fingerprint density at radius 1 is 1.41 bits per heavy atom. The number of benzene rings is 1. The Hall–Kier alpha value is -1.02. The zero-order valence-electron chi connectivity index (χ0n) is 10.2. The molecule has 92 valence electrons. The molecule has 0 saturated heterocycles. The van der Waals surface area contributed by atoms with Crippen molar-refractivity contribution in [1.82, 2.24) is 4.90 Å². The van der Waals surface area contributed by atoms with E-state index in [0.29, 0.717) is 11.8 Å². The molecule has 3 heteroatoms. The SMILES string of the molecule is CC(CCl)CN1CCCc2ccccc2C1=O. The number of carbonyl (C=O) groups is 1. The number of halogens is 1. The van der Waals surface area contributed by atoms with Gasteiger partial charge in [-0.05, 0) is 30.4 Å². The maximum atomic E-state index is 12.4. The van der Waals surface area contributed by atoms with Crippen molar-refractivity contribution in [2.45, 2.75) is 19.8 Å². The lowest BCUT2D eigenvalue weighted by Gasteiger charge is -2.23. The normalized spacial score (nSPS) is 17.5. The number of fused-ring (bicyclic) bond motifs is 1. The zero-order chi connectivity index (χ0) is 12.3. The predicted molar refractivity (Wildman–Crippen MR) is 70.6 cm³/mol. The van der Waals surface area contributed by atoms with Crippen LogP contribution in [-0.4, -0.2) is 29.8 Å². The van der Waals surface area contributed by atoms with E-state index in [0.717, 1.165) is 31.5 Å². The van der Waals surface area contributed by atoms with Gasteiger partial charge in [-0.15, -0.1) is 11.6 Å². The Morgan fingerprint density at radius 3 is 2.94 bits per heavy atom. The molecule has 1 amide bonds. The molecule has 0 bridgehead atoms. The number of amides is 1. The van der Waals surface area contributed by atoms with E-state index in [2.05, 4.69) is 13.0 Å². The van der Waals surface area contributed by atoms with Gasteiger partial charge in [0.15, 0.2) is 0 Å². The van der Waals surface area contributed by atoms with Gasteiger partial charge in [-0.25, -0.2) is 0 Å². The fraction of sp³-hybridized carbons (Fsp3) is 0.500. The molecule has 0 saturated carbocycles. The van der Waals surface area contributed by atoms with Crippen molar-refractivity contribution in [2.75, 3.05) is 19.0 Å². The van der Waals surface area contributed by atoms with Gasteiger partial charge in [-0.2, -0.15) is 0 Å². The molecule has 1 unspecified atom stereocenters. The number of nitrogens with zero attached hydrogens (tertiary/aromatic N) is 1. The molecule has 0 radical (unpaired) electrons. The average molecular weight is 252 g/mol. The summed E-state index contributed by atoms with van der Waals surface area (Å²) in [6.07, 6.45) is 2.03.